The van der Waals surface area contributed by atoms with Gasteiger partial charge in [-0.3, -0.25) is 0 Å². The maximum atomic E-state index is 12.8. The summed E-state index contributed by atoms with van der Waals surface area (Å²) >= 11 is 0. The first-order valence-electron chi connectivity index (χ1n) is 6.46. The Kier molecular flexibility index (Phi) is 5.09. The zero-order valence-electron chi connectivity index (χ0n) is 11.3. The number of aliphatic hydroxyl groups is 1. The standard InChI is InChI=1S/C16H18FNO2/c1-20-15-4-2-3-13(9-15)16(19)11-18-10-12-5-7-14(17)8-6-12/h2-9,16,18-19H,10-11H2,1H3. The molecule has 0 aliphatic carbocycles. The summed E-state index contributed by atoms with van der Waals surface area (Å²) in [6.45, 7) is 1.01. The van der Waals surface area contributed by atoms with Crippen LogP contribution in [0.25, 0.3) is 0 Å². The lowest BCUT2D eigenvalue weighted by atomic mass is 10.1. The number of rotatable bonds is 6. The fourth-order valence-corrected chi connectivity index (χ4v) is 1.92. The lowest BCUT2D eigenvalue weighted by Crippen LogP contribution is -2.21. The zero-order valence-corrected chi connectivity index (χ0v) is 11.3. The van der Waals surface area contributed by atoms with Crippen molar-refractivity contribution in [2.75, 3.05) is 13.7 Å². The monoisotopic (exact) mass is 275 g/mol. The number of nitrogens with one attached hydrogen (secondary N) is 1. The second-order valence-corrected chi connectivity index (χ2v) is 4.55. The van der Waals surface area contributed by atoms with Gasteiger partial charge in [0.1, 0.15) is 11.6 Å². The van der Waals surface area contributed by atoms with Gasteiger partial charge in [-0.2, -0.15) is 0 Å². The van der Waals surface area contributed by atoms with Crippen LogP contribution in [0.5, 0.6) is 5.75 Å². The highest BCUT2D eigenvalue weighted by molar-refractivity contribution is 5.30. The summed E-state index contributed by atoms with van der Waals surface area (Å²) in [5.74, 6) is 0.477. The number of halogens is 1. The Morgan fingerprint density at radius 2 is 1.95 bits per heavy atom. The molecule has 1 atom stereocenters. The van der Waals surface area contributed by atoms with E-state index in [9.17, 15) is 9.50 Å². The van der Waals surface area contributed by atoms with Crippen molar-refractivity contribution in [3.05, 3.63) is 65.5 Å². The molecule has 3 nitrogen and oxygen atoms in total. The molecule has 1 unspecified atom stereocenters. The van der Waals surface area contributed by atoms with Crippen LogP contribution in [-0.4, -0.2) is 18.8 Å². The molecule has 0 aliphatic heterocycles. The summed E-state index contributed by atoms with van der Waals surface area (Å²) in [7, 11) is 1.60. The summed E-state index contributed by atoms with van der Waals surface area (Å²) in [6.07, 6.45) is -0.606. The number of ether oxygens (including phenoxy) is 1. The Labute approximate surface area is 118 Å². The summed E-state index contributed by atoms with van der Waals surface area (Å²) in [4.78, 5) is 0. The van der Waals surface area contributed by atoms with E-state index >= 15 is 0 Å². The second kappa shape index (κ2) is 7.03. The Morgan fingerprint density at radius 3 is 2.65 bits per heavy atom. The Morgan fingerprint density at radius 1 is 1.20 bits per heavy atom. The first-order chi connectivity index (χ1) is 9.69. The van der Waals surface area contributed by atoms with Crippen molar-refractivity contribution in [2.45, 2.75) is 12.6 Å². The first-order valence-corrected chi connectivity index (χ1v) is 6.46. The quantitative estimate of drug-likeness (QED) is 0.851. The average molecular weight is 275 g/mol. The maximum Gasteiger partial charge on any atom is 0.123 e. The molecule has 0 aliphatic rings. The normalized spacial score (nSPS) is 12.2. The summed E-state index contributed by atoms with van der Waals surface area (Å²) in [5, 5.41) is 13.2. The van der Waals surface area contributed by atoms with Gasteiger partial charge in [-0.25, -0.2) is 4.39 Å². The Hall–Kier alpha value is -1.91. The largest absolute Gasteiger partial charge is 0.497 e. The van der Waals surface area contributed by atoms with Crippen molar-refractivity contribution >= 4 is 0 Å². The predicted molar refractivity (Wildman–Crippen MR) is 76.1 cm³/mol. The molecule has 2 N–H and O–H groups in total. The van der Waals surface area contributed by atoms with Gasteiger partial charge in [0, 0.05) is 13.1 Å². The van der Waals surface area contributed by atoms with E-state index in [4.69, 9.17) is 4.74 Å². The molecule has 0 fully saturated rings. The van der Waals surface area contributed by atoms with E-state index in [-0.39, 0.29) is 5.82 Å². The third-order valence-electron chi connectivity index (χ3n) is 3.06. The third kappa shape index (κ3) is 4.05. The maximum absolute atomic E-state index is 12.8. The number of aliphatic hydroxyl groups excluding tert-OH is 1. The molecule has 0 spiro atoms. The number of hydrogen-bond acceptors (Lipinski definition) is 3. The highest BCUT2D eigenvalue weighted by atomic mass is 19.1. The van der Waals surface area contributed by atoms with Crippen molar-refractivity contribution in [1.82, 2.24) is 5.32 Å². The van der Waals surface area contributed by atoms with Crippen LogP contribution in [0.1, 0.15) is 17.2 Å². The molecule has 0 saturated heterocycles. The van der Waals surface area contributed by atoms with Crippen LogP contribution in [0, 0.1) is 5.82 Å². The van der Waals surface area contributed by atoms with E-state index in [0.29, 0.717) is 13.1 Å². The molecule has 0 bridgehead atoms. The second-order valence-electron chi connectivity index (χ2n) is 4.55. The molecule has 0 aromatic heterocycles. The average Bonchev–Trinajstić information content (AvgIpc) is 2.49. The lowest BCUT2D eigenvalue weighted by molar-refractivity contribution is 0.174. The van der Waals surface area contributed by atoms with E-state index in [1.807, 2.05) is 24.3 Å². The molecule has 0 radical (unpaired) electrons. The summed E-state index contributed by atoms with van der Waals surface area (Å²) < 4.78 is 17.9. The molecule has 20 heavy (non-hydrogen) atoms. The number of hydrogen-bond donors (Lipinski definition) is 2. The van der Waals surface area contributed by atoms with Gasteiger partial charge in [-0.1, -0.05) is 24.3 Å². The van der Waals surface area contributed by atoms with Gasteiger partial charge in [-0.15, -0.1) is 0 Å². The highest BCUT2D eigenvalue weighted by Crippen LogP contribution is 2.18. The van der Waals surface area contributed by atoms with Crippen LogP contribution in [0.15, 0.2) is 48.5 Å². The van der Waals surface area contributed by atoms with Gasteiger partial charge in [0.25, 0.3) is 0 Å². The third-order valence-corrected chi connectivity index (χ3v) is 3.06. The van der Waals surface area contributed by atoms with Gasteiger partial charge in [0.05, 0.1) is 13.2 Å². The van der Waals surface area contributed by atoms with Crippen molar-refractivity contribution in [3.63, 3.8) is 0 Å². The van der Waals surface area contributed by atoms with Gasteiger partial charge in [0.15, 0.2) is 0 Å². The van der Waals surface area contributed by atoms with Crippen LogP contribution in [0.3, 0.4) is 0 Å². The van der Waals surface area contributed by atoms with Gasteiger partial charge < -0.3 is 15.2 Å². The first kappa shape index (κ1) is 14.5. The molecular weight excluding hydrogens is 257 g/mol. The minimum atomic E-state index is -0.606. The molecule has 2 aromatic carbocycles. The van der Waals surface area contributed by atoms with Crippen LogP contribution in [-0.2, 0) is 6.54 Å². The van der Waals surface area contributed by atoms with Crippen LogP contribution in [0.2, 0.25) is 0 Å². The fourth-order valence-electron chi connectivity index (χ4n) is 1.92. The Bertz CT molecular complexity index is 542. The minimum absolute atomic E-state index is 0.245. The molecule has 106 valence electrons. The van der Waals surface area contributed by atoms with E-state index in [0.717, 1.165) is 16.9 Å². The highest BCUT2D eigenvalue weighted by Gasteiger charge is 2.07. The van der Waals surface area contributed by atoms with Crippen molar-refractivity contribution in [3.8, 4) is 5.75 Å². The molecule has 2 rings (SSSR count). The van der Waals surface area contributed by atoms with E-state index < -0.39 is 6.10 Å². The minimum Gasteiger partial charge on any atom is -0.497 e. The predicted octanol–water partition coefficient (Wildman–Crippen LogP) is 2.66. The van der Waals surface area contributed by atoms with Crippen LogP contribution in [0.4, 0.5) is 4.39 Å². The van der Waals surface area contributed by atoms with E-state index in [1.165, 1.54) is 12.1 Å². The van der Waals surface area contributed by atoms with Crippen LogP contribution < -0.4 is 10.1 Å². The zero-order chi connectivity index (χ0) is 14.4. The lowest BCUT2D eigenvalue weighted by Gasteiger charge is -2.13. The van der Waals surface area contributed by atoms with Crippen LogP contribution >= 0.6 is 0 Å². The van der Waals surface area contributed by atoms with E-state index in [1.54, 1.807) is 19.2 Å². The summed E-state index contributed by atoms with van der Waals surface area (Å²) in [6, 6.07) is 13.6. The Balaban J connectivity index is 1.85. The van der Waals surface area contributed by atoms with Crippen molar-refractivity contribution < 1.29 is 14.2 Å². The van der Waals surface area contributed by atoms with Crippen molar-refractivity contribution in [2.24, 2.45) is 0 Å². The molecule has 0 heterocycles. The SMILES string of the molecule is COc1cccc(C(O)CNCc2ccc(F)cc2)c1. The van der Waals surface area contributed by atoms with Gasteiger partial charge in [0.2, 0.25) is 0 Å². The summed E-state index contributed by atoms with van der Waals surface area (Å²) in [5.41, 5.74) is 1.78. The molecule has 2 aromatic rings. The number of benzene rings is 2. The van der Waals surface area contributed by atoms with Crippen molar-refractivity contribution in [1.29, 1.82) is 0 Å². The fraction of sp³-hybridized carbons (Fsp3) is 0.250. The number of methoxy groups -OCH3 is 1. The molecule has 4 heteroatoms. The van der Waals surface area contributed by atoms with E-state index in [2.05, 4.69) is 5.32 Å². The molecule has 0 amide bonds. The molecular formula is C16H18FNO2. The smallest absolute Gasteiger partial charge is 0.123 e. The van der Waals surface area contributed by atoms with Gasteiger partial charge in [-0.05, 0) is 35.4 Å². The molecule has 0 saturated carbocycles. The topological polar surface area (TPSA) is 41.5 Å². The van der Waals surface area contributed by atoms with Gasteiger partial charge >= 0.3 is 0 Å².